The average molecular weight is 469 g/mol. The van der Waals surface area contributed by atoms with Gasteiger partial charge in [0.15, 0.2) is 5.69 Å². The molecule has 7 nitrogen and oxygen atoms in total. The molecule has 0 heterocycles. The number of hydrogen-bond acceptors (Lipinski definition) is 6. The minimum absolute atomic E-state index is 0. The summed E-state index contributed by atoms with van der Waals surface area (Å²) >= 11 is 3.32. The van der Waals surface area contributed by atoms with E-state index >= 15 is 0 Å². The van der Waals surface area contributed by atoms with Gasteiger partial charge in [-0.25, -0.2) is 0 Å². The zero-order valence-electron chi connectivity index (χ0n) is 12.3. The molecule has 1 aromatic carbocycles. The van der Waals surface area contributed by atoms with Gasteiger partial charge in [0, 0.05) is 56.1 Å². The molecule has 0 amide bonds. The number of non-ortho nitro benzene ring substituents is 1. The Labute approximate surface area is 163 Å². The van der Waals surface area contributed by atoms with Gasteiger partial charge in [0.2, 0.25) is 0 Å². The van der Waals surface area contributed by atoms with Crippen LogP contribution in [-0.2, 0) is 47.0 Å². The molecule has 0 unspecified atom stereocenters. The van der Waals surface area contributed by atoms with Crippen molar-refractivity contribution in [3.05, 3.63) is 33.9 Å². The molecule has 0 N–H and O–H groups in total. The van der Waals surface area contributed by atoms with E-state index in [0.29, 0.717) is 24.0 Å². The van der Waals surface area contributed by atoms with Gasteiger partial charge < -0.3 is 4.90 Å². The van der Waals surface area contributed by atoms with Gasteiger partial charge in [-0.15, -0.1) is 11.6 Å². The van der Waals surface area contributed by atoms with Crippen LogP contribution in [0, 0.1) is 23.1 Å². The third kappa shape index (κ3) is 7.45. The molecule has 1 radical (unpaired) electrons. The summed E-state index contributed by atoms with van der Waals surface area (Å²) in [6.07, 6.45) is 0.993. The summed E-state index contributed by atoms with van der Waals surface area (Å²) < 4.78 is 26.7. The number of nitrogens with zero attached hydrogens (tertiary/aromatic N) is 2. The molecule has 0 saturated heterocycles. The van der Waals surface area contributed by atoms with Gasteiger partial charge in [-0.1, -0.05) is 40.7 Å². The van der Waals surface area contributed by atoms with Gasteiger partial charge in [0.25, 0.3) is 10.1 Å². The number of benzene rings is 1. The SMILES string of the molecule is Cc1[c-]c([N+](=O)[O-])ccc1N(CCBr)CCOS(C)(=O)=O.[Y]. The van der Waals surface area contributed by atoms with Gasteiger partial charge in [0.05, 0.1) is 12.9 Å². The van der Waals surface area contributed by atoms with Crippen molar-refractivity contribution in [2.75, 3.05) is 36.2 Å². The van der Waals surface area contributed by atoms with Gasteiger partial charge in [-0.2, -0.15) is 8.42 Å². The first kappa shape index (κ1) is 21.9. The predicted octanol–water partition coefficient (Wildman–Crippen LogP) is 1.88. The third-order valence-electron chi connectivity index (χ3n) is 2.65. The molecule has 0 spiro atoms. The maximum Gasteiger partial charge on any atom is 0.264 e. The Morgan fingerprint density at radius 1 is 1.41 bits per heavy atom. The van der Waals surface area contributed by atoms with Crippen LogP contribution in [-0.4, -0.2) is 44.6 Å². The van der Waals surface area contributed by atoms with Crippen molar-refractivity contribution >= 4 is 37.4 Å². The minimum atomic E-state index is -3.48. The van der Waals surface area contributed by atoms with Gasteiger partial charge in [0.1, 0.15) is 0 Å². The maximum absolute atomic E-state index is 11.0. The molecule has 0 atom stereocenters. The second kappa shape index (κ2) is 9.92. The molecule has 0 aromatic heterocycles. The van der Waals surface area contributed by atoms with Crippen LogP contribution in [0.15, 0.2) is 12.1 Å². The van der Waals surface area contributed by atoms with Crippen molar-refractivity contribution in [1.82, 2.24) is 0 Å². The first-order chi connectivity index (χ1) is 9.74. The molecule has 22 heavy (non-hydrogen) atoms. The van der Waals surface area contributed by atoms with Crippen LogP contribution < -0.4 is 4.90 Å². The van der Waals surface area contributed by atoms with Crippen molar-refractivity contribution in [3.63, 3.8) is 0 Å². The monoisotopic (exact) mass is 468 g/mol. The molecule has 0 bridgehead atoms. The molecule has 1 aromatic rings. The van der Waals surface area contributed by atoms with E-state index in [2.05, 4.69) is 22.0 Å². The summed E-state index contributed by atoms with van der Waals surface area (Å²) in [6, 6.07) is 5.71. The zero-order chi connectivity index (χ0) is 16.0. The van der Waals surface area contributed by atoms with Crippen LogP contribution in [0.2, 0.25) is 0 Å². The Hall–Kier alpha value is -0.0861. The van der Waals surface area contributed by atoms with Crippen molar-refractivity contribution in [1.29, 1.82) is 0 Å². The Kier molecular flexibility index (Phi) is 9.88. The van der Waals surface area contributed by atoms with E-state index in [-0.39, 0.29) is 45.0 Å². The van der Waals surface area contributed by atoms with Crippen LogP contribution in [0.25, 0.3) is 0 Å². The quantitative estimate of drug-likeness (QED) is 0.190. The van der Waals surface area contributed by atoms with Crippen LogP contribution in [0.5, 0.6) is 0 Å². The Bertz CT molecular complexity index is 612. The molecule has 0 aliphatic heterocycles. The average Bonchev–Trinajstić information content (AvgIpc) is 2.36. The normalized spacial score (nSPS) is 10.9. The third-order valence-corrected chi connectivity index (χ3v) is 3.60. The van der Waals surface area contributed by atoms with Crippen molar-refractivity contribution in [3.8, 4) is 0 Å². The molecular formula is C12H16BrN2O5SY-. The number of alkyl halides is 1. The summed E-state index contributed by atoms with van der Waals surface area (Å²) in [5.41, 5.74) is 1.30. The number of hydrogen-bond donors (Lipinski definition) is 0. The molecule has 0 saturated carbocycles. The maximum atomic E-state index is 11.0. The first-order valence-electron chi connectivity index (χ1n) is 6.07. The molecule has 10 heteroatoms. The largest absolute Gasteiger partial charge is 0.420 e. The smallest absolute Gasteiger partial charge is 0.264 e. The van der Waals surface area contributed by atoms with Crippen LogP contribution in [0.3, 0.4) is 0 Å². The summed E-state index contributed by atoms with van der Waals surface area (Å²) in [6.45, 7) is 2.70. The summed E-state index contributed by atoms with van der Waals surface area (Å²) in [5.74, 6) is 0. The Balaban J connectivity index is 0.00000441. The second-order valence-corrected chi connectivity index (χ2v) is 6.75. The van der Waals surface area contributed by atoms with E-state index in [9.17, 15) is 18.5 Å². The second-order valence-electron chi connectivity index (χ2n) is 4.31. The van der Waals surface area contributed by atoms with E-state index in [4.69, 9.17) is 4.18 Å². The van der Waals surface area contributed by atoms with Gasteiger partial charge >= 0.3 is 0 Å². The first-order valence-corrected chi connectivity index (χ1v) is 9.01. The molecular weight excluding hydrogens is 453 g/mol. The van der Waals surface area contributed by atoms with Crippen molar-refractivity contribution < 1.29 is 50.2 Å². The van der Waals surface area contributed by atoms with Crippen molar-refractivity contribution in [2.24, 2.45) is 0 Å². The van der Waals surface area contributed by atoms with E-state index in [0.717, 1.165) is 11.9 Å². The minimum Gasteiger partial charge on any atom is -0.420 e. The van der Waals surface area contributed by atoms with E-state index in [1.54, 1.807) is 13.0 Å². The van der Waals surface area contributed by atoms with E-state index < -0.39 is 15.0 Å². The topological polar surface area (TPSA) is 89.8 Å². The standard InChI is InChI=1S/C12H16BrN2O5S.Y/c1-10-9-11(15(16)17)3-4-12(10)14(6-5-13)7-8-20-21(2,18)19;/h3-4H,5-8H2,1-2H3;/q-1;. The summed E-state index contributed by atoms with van der Waals surface area (Å²) in [4.78, 5) is 12.1. The van der Waals surface area contributed by atoms with Crippen LogP contribution in [0.4, 0.5) is 11.4 Å². The molecule has 121 valence electrons. The predicted molar refractivity (Wildman–Crippen MR) is 83.5 cm³/mol. The number of nitro benzene ring substituents is 1. The Morgan fingerprint density at radius 2 is 2.05 bits per heavy atom. The van der Waals surface area contributed by atoms with E-state index in [1.165, 1.54) is 6.07 Å². The fraction of sp³-hybridized carbons (Fsp3) is 0.500. The number of halogens is 1. The van der Waals surface area contributed by atoms with Crippen molar-refractivity contribution in [2.45, 2.75) is 6.92 Å². The number of rotatable bonds is 8. The van der Waals surface area contributed by atoms with Crippen LogP contribution in [0.1, 0.15) is 5.56 Å². The molecule has 0 aliphatic carbocycles. The summed E-state index contributed by atoms with van der Waals surface area (Å²) in [7, 11) is -3.48. The molecule has 1 rings (SSSR count). The molecule has 0 fully saturated rings. The van der Waals surface area contributed by atoms with E-state index in [1.807, 2.05) is 4.90 Å². The van der Waals surface area contributed by atoms with Gasteiger partial charge in [-0.05, 0) is 0 Å². The zero-order valence-corrected chi connectivity index (χ0v) is 17.5. The fourth-order valence-electron chi connectivity index (χ4n) is 1.78. The Morgan fingerprint density at radius 3 is 2.50 bits per heavy atom. The fourth-order valence-corrected chi connectivity index (χ4v) is 2.59. The number of aryl methyl sites for hydroxylation is 1. The van der Waals surface area contributed by atoms with Gasteiger partial charge in [-0.3, -0.25) is 14.3 Å². The summed E-state index contributed by atoms with van der Waals surface area (Å²) in [5, 5.41) is 11.4. The number of anilines is 1. The van der Waals surface area contributed by atoms with Crippen LogP contribution >= 0.6 is 15.9 Å². The number of nitro groups is 1. The molecule has 0 aliphatic rings.